The minimum Gasteiger partial charge on any atom is -0.417 e. The molecule has 2 unspecified atom stereocenters. The topological polar surface area (TPSA) is 18.5 Å². The molecule has 0 aliphatic carbocycles. The first-order valence-corrected chi connectivity index (χ1v) is 8.07. The summed E-state index contributed by atoms with van der Waals surface area (Å²) in [5, 5.41) is 0. The van der Waals surface area contributed by atoms with E-state index in [9.17, 15) is 0 Å². The predicted octanol–water partition coefficient (Wildman–Crippen LogP) is 2.82. The van der Waals surface area contributed by atoms with Crippen molar-refractivity contribution in [3.8, 4) is 0 Å². The molecule has 0 spiro atoms. The van der Waals surface area contributed by atoms with Crippen molar-refractivity contribution in [1.82, 2.24) is 0 Å². The van der Waals surface area contributed by atoms with Gasteiger partial charge in [0.1, 0.15) is 0 Å². The zero-order valence-corrected chi connectivity index (χ0v) is 11.3. The van der Waals surface area contributed by atoms with E-state index in [0.717, 1.165) is 18.6 Å². The zero-order valence-electron chi connectivity index (χ0n) is 10.1. The standard InChI is InChI=1S/C12H24O2Si/c1-4-7-12(13-10-11(2)3)15-9-6-5-8-14-15/h12,15H,2,4-10H2,1,3H3. The maximum absolute atomic E-state index is 5.92. The Morgan fingerprint density at radius 3 is 2.87 bits per heavy atom. The quantitative estimate of drug-likeness (QED) is 0.514. The monoisotopic (exact) mass is 228 g/mol. The Bertz CT molecular complexity index is 188. The van der Waals surface area contributed by atoms with Crippen molar-refractivity contribution in [3.05, 3.63) is 12.2 Å². The Kier molecular flexibility index (Phi) is 6.21. The van der Waals surface area contributed by atoms with Crippen molar-refractivity contribution in [1.29, 1.82) is 0 Å². The van der Waals surface area contributed by atoms with Gasteiger partial charge in [-0.2, -0.15) is 0 Å². The second-order valence-electron chi connectivity index (χ2n) is 4.50. The highest BCUT2D eigenvalue weighted by Gasteiger charge is 2.26. The summed E-state index contributed by atoms with van der Waals surface area (Å²) in [7, 11) is -1.08. The molecule has 1 heterocycles. The molecular weight excluding hydrogens is 204 g/mol. The maximum atomic E-state index is 5.92. The Balaban J connectivity index is 2.36. The molecule has 1 fully saturated rings. The van der Waals surface area contributed by atoms with Crippen molar-refractivity contribution < 1.29 is 9.16 Å². The van der Waals surface area contributed by atoms with Gasteiger partial charge in [-0.05, 0) is 25.8 Å². The summed E-state index contributed by atoms with van der Waals surface area (Å²) in [6.45, 7) is 9.79. The molecule has 3 heteroatoms. The van der Waals surface area contributed by atoms with Crippen LogP contribution in [0.2, 0.25) is 6.04 Å². The van der Waals surface area contributed by atoms with Crippen LogP contribution in [0.1, 0.15) is 39.5 Å². The molecule has 15 heavy (non-hydrogen) atoms. The molecule has 1 saturated heterocycles. The van der Waals surface area contributed by atoms with Crippen molar-refractivity contribution in [2.24, 2.45) is 0 Å². The van der Waals surface area contributed by atoms with E-state index in [2.05, 4.69) is 13.5 Å². The summed E-state index contributed by atoms with van der Waals surface area (Å²) in [5.41, 5.74) is 1.52. The molecule has 0 radical (unpaired) electrons. The highest BCUT2D eigenvalue weighted by atomic mass is 28.3. The molecule has 1 aliphatic rings. The third-order valence-electron chi connectivity index (χ3n) is 2.75. The van der Waals surface area contributed by atoms with Crippen molar-refractivity contribution in [3.63, 3.8) is 0 Å². The lowest BCUT2D eigenvalue weighted by Gasteiger charge is -2.29. The minimum absolute atomic E-state index is 0.409. The van der Waals surface area contributed by atoms with Gasteiger partial charge in [0, 0.05) is 6.61 Å². The van der Waals surface area contributed by atoms with Crippen LogP contribution in [0.25, 0.3) is 0 Å². The second kappa shape index (κ2) is 7.20. The number of ether oxygens (including phenoxy) is 1. The number of hydrogen-bond donors (Lipinski definition) is 0. The van der Waals surface area contributed by atoms with Crippen LogP contribution in [-0.2, 0) is 9.16 Å². The van der Waals surface area contributed by atoms with Gasteiger partial charge in [0.15, 0.2) is 0 Å². The normalized spacial score (nSPS) is 23.7. The van der Waals surface area contributed by atoms with Gasteiger partial charge >= 0.3 is 0 Å². The van der Waals surface area contributed by atoms with Crippen LogP contribution in [-0.4, -0.2) is 28.0 Å². The van der Waals surface area contributed by atoms with Crippen molar-refractivity contribution in [2.45, 2.75) is 51.3 Å². The van der Waals surface area contributed by atoms with Gasteiger partial charge in [0.2, 0.25) is 9.04 Å². The SMILES string of the molecule is C=C(C)COC(CCC)[SiH]1CCCCO1. The van der Waals surface area contributed by atoms with Crippen LogP contribution in [0.15, 0.2) is 12.2 Å². The van der Waals surface area contributed by atoms with E-state index in [1.807, 2.05) is 6.92 Å². The molecular formula is C12H24O2Si. The molecule has 0 bridgehead atoms. The highest BCUT2D eigenvalue weighted by Crippen LogP contribution is 2.19. The fraction of sp³-hybridized carbons (Fsp3) is 0.833. The highest BCUT2D eigenvalue weighted by molar-refractivity contribution is 6.53. The third-order valence-corrected chi connectivity index (χ3v) is 5.74. The number of hydrogen-bond acceptors (Lipinski definition) is 2. The van der Waals surface area contributed by atoms with E-state index in [1.165, 1.54) is 25.3 Å². The Morgan fingerprint density at radius 2 is 2.33 bits per heavy atom. The molecule has 0 aromatic carbocycles. The van der Waals surface area contributed by atoms with Crippen LogP contribution in [0, 0.1) is 0 Å². The summed E-state index contributed by atoms with van der Waals surface area (Å²) in [4.78, 5) is 0. The molecule has 1 rings (SSSR count). The van der Waals surface area contributed by atoms with E-state index >= 15 is 0 Å². The van der Waals surface area contributed by atoms with E-state index in [1.54, 1.807) is 0 Å². The molecule has 0 aromatic rings. The molecule has 0 aromatic heterocycles. The molecule has 0 N–H and O–H groups in total. The first-order chi connectivity index (χ1) is 7.24. The van der Waals surface area contributed by atoms with Crippen LogP contribution in [0.4, 0.5) is 0 Å². The molecule has 0 saturated carbocycles. The molecule has 2 atom stereocenters. The first kappa shape index (κ1) is 12.9. The largest absolute Gasteiger partial charge is 0.417 e. The summed E-state index contributed by atoms with van der Waals surface area (Å²) >= 11 is 0. The summed E-state index contributed by atoms with van der Waals surface area (Å²) in [6.07, 6.45) is 4.92. The van der Waals surface area contributed by atoms with Crippen LogP contribution in [0.3, 0.4) is 0 Å². The fourth-order valence-corrected chi connectivity index (χ4v) is 4.90. The van der Waals surface area contributed by atoms with E-state index in [4.69, 9.17) is 9.16 Å². The Labute approximate surface area is 95.4 Å². The van der Waals surface area contributed by atoms with Crippen LogP contribution < -0.4 is 0 Å². The number of rotatable bonds is 6. The summed E-state index contributed by atoms with van der Waals surface area (Å²) < 4.78 is 11.8. The third kappa shape index (κ3) is 4.95. The molecule has 1 aliphatic heterocycles. The van der Waals surface area contributed by atoms with Gasteiger partial charge < -0.3 is 9.16 Å². The minimum atomic E-state index is -1.08. The van der Waals surface area contributed by atoms with Gasteiger partial charge in [0.25, 0.3) is 0 Å². The Morgan fingerprint density at radius 1 is 1.53 bits per heavy atom. The van der Waals surface area contributed by atoms with E-state index < -0.39 is 9.04 Å². The van der Waals surface area contributed by atoms with Gasteiger partial charge in [-0.15, -0.1) is 0 Å². The summed E-state index contributed by atoms with van der Waals surface area (Å²) in [6, 6.07) is 1.29. The van der Waals surface area contributed by atoms with Gasteiger partial charge in [0.05, 0.1) is 12.3 Å². The zero-order chi connectivity index (χ0) is 11.1. The van der Waals surface area contributed by atoms with E-state index in [0.29, 0.717) is 12.3 Å². The van der Waals surface area contributed by atoms with Crippen LogP contribution >= 0.6 is 0 Å². The fourth-order valence-electron chi connectivity index (χ4n) is 1.97. The van der Waals surface area contributed by atoms with Crippen LogP contribution in [0.5, 0.6) is 0 Å². The van der Waals surface area contributed by atoms with E-state index in [-0.39, 0.29) is 0 Å². The predicted molar refractivity (Wildman–Crippen MR) is 66.6 cm³/mol. The van der Waals surface area contributed by atoms with Gasteiger partial charge in [-0.25, -0.2) is 0 Å². The molecule has 2 nitrogen and oxygen atoms in total. The molecule has 88 valence electrons. The Hall–Kier alpha value is -0.123. The summed E-state index contributed by atoms with van der Waals surface area (Å²) in [5.74, 6) is 0. The van der Waals surface area contributed by atoms with Crippen molar-refractivity contribution in [2.75, 3.05) is 13.2 Å². The lowest BCUT2D eigenvalue weighted by molar-refractivity contribution is 0.0941. The van der Waals surface area contributed by atoms with Crippen molar-refractivity contribution >= 4 is 9.04 Å². The average Bonchev–Trinajstić information content (AvgIpc) is 2.25. The first-order valence-electron chi connectivity index (χ1n) is 6.11. The average molecular weight is 228 g/mol. The smallest absolute Gasteiger partial charge is 0.205 e. The lowest BCUT2D eigenvalue weighted by Crippen LogP contribution is -2.39. The maximum Gasteiger partial charge on any atom is 0.205 e. The second-order valence-corrected chi connectivity index (χ2v) is 7.23. The molecule has 0 amide bonds. The van der Waals surface area contributed by atoms with Gasteiger partial charge in [-0.3, -0.25) is 0 Å². The lowest BCUT2D eigenvalue weighted by atomic mass is 10.3. The van der Waals surface area contributed by atoms with Gasteiger partial charge in [-0.1, -0.05) is 31.9 Å².